The molecule has 2 unspecified atom stereocenters. The van der Waals surface area contributed by atoms with Crippen molar-refractivity contribution in [3.63, 3.8) is 0 Å². The third-order valence-electron chi connectivity index (χ3n) is 2.86. The Morgan fingerprint density at radius 1 is 1.38 bits per heavy atom. The van der Waals surface area contributed by atoms with Crippen molar-refractivity contribution in [2.75, 3.05) is 18.0 Å². The average molecular weight is 244 g/mol. The molecule has 88 valence electrons. The Bertz CT molecular complexity index is 375. The second-order valence-electron chi connectivity index (χ2n) is 4.66. The second kappa shape index (κ2) is 4.53. The molecule has 0 N–H and O–H groups in total. The lowest BCUT2D eigenvalue weighted by molar-refractivity contribution is 0.352. The predicted octanol–water partition coefficient (Wildman–Crippen LogP) is 2.75. The van der Waals surface area contributed by atoms with E-state index in [9.17, 15) is 4.39 Å². The van der Waals surface area contributed by atoms with Gasteiger partial charge in [0.1, 0.15) is 0 Å². The maximum Gasteiger partial charge on any atom is 0.224 e. The summed E-state index contributed by atoms with van der Waals surface area (Å²) in [5.41, 5.74) is 0. The third kappa shape index (κ3) is 2.43. The highest BCUT2D eigenvalue weighted by atomic mass is 35.5. The van der Waals surface area contributed by atoms with Crippen LogP contribution < -0.4 is 4.90 Å². The van der Waals surface area contributed by atoms with E-state index in [4.69, 9.17) is 11.6 Å². The summed E-state index contributed by atoms with van der Waals surface area (Å²) in [6, 6.07) is 0. The first kappa shape index (κ1) is 11.6. The Morgan fingerprint density at radius 2 is 2.00 bits per heavy atom. The van der Waals surface area contributed by atoms with Crippen molar-refractivity contribution in [3.8, 4) is 0 Å². The standard InChI is InChI=1S/C11H15ClFN3/c1-7-3-8(2)6-16(5-7)10-9(13)4-14-11(12)15-10/h4,7-8H,3,5-6H2,1-2H3. The zero-order valence-corrected chi connectivity index (χ0v) is 10.2. The van der Waals surface area contributed by atoms with E-state index < -0.39 is 5.82 Å². The summed E-state index contributed by atoms with van der Waals surface area (Å²) in [4.78, 5) is 9.56. The van der Waals surface area contributed by atoms with Gasteiger partial charge in [0.25, 0.3) is 0 Å². The molecule has 0 aliphatic carbocycles. The smallest absolute Gasteiger partial charge is 0.224 e. The SMILES string of the molecule is CC1CC(C)CN(c2nc(Cl)ncc2F)C1. The highest BCUT2D eigenvalue weighted by Gasteiger charge is 2.25. The molecule has 2 rings (SSSR count). The van der Waals surface area contributed by atoms with Crippen LogP contribution in [0.5, 0.6) is 0 Å². The highest BCUT2D eigenvalue weighted by molar-refractivity contribution is 6.28. The van der Waals surface area contributed by atoms with Crippen LogP contribution in [0.4, 0.5) is 10.2 Å². The van der Waals surface area contributed by atoms with Crippen LogP contribution in [-0.4, -0.2) is 23.1 Å². The Hall–Kier alpha value is -0.900. The van der Waals surface area contributed by atoms with E-state index >= 15 is 0 Å². The number of aromatic nitrogens is 2. The first-order valence-electron chi connectivity index (χ1n) is 5.49. The van der Waals surface area contributed by atoms with Crippen molar-refractivity contribution in [1.82, 2.24) is 9.97 Å². The third-order valence-corrected chi connectivity index (χ3v) is 3.05. The van der Waals surface area contributed by atoms with Crippen molar-refractivity contribution in [3.05, 3.63) is 17.3 Å². The van der Waals surface area contributed by atoms with E-state index in [1.807, 2.05) is 4.90 Å². The van der Waals surface area contributed by atoms with E-state index in [1.54, 1.807) is 0 Å². The molecule has 1 fully saturated rings. The average Bonchev–Trinajstić information content (AvgIpc) is 2.20. The van der Waals surface area contributed by atoms with Gasteiger partial charge in [0.05, 0.1) is 6.20 Å². The molecule has 3 nitrogen and oxygen atoms in total. The van der Waals surface area contributed by atoms with Crippen LogP contribution >= 0.6 is 11.6 Å². The summed E-state index contributed by atoms with van der Waals surface area (Å²) in [6.45, 7) is 6.00. The van der Waals surface area contributed by atoms with Crippen molar-refractivity contribution in [1.29, 1.82) is 0 Å². The first-order valence-corrected chi connectivity index (χ1v) is 5.87. The highest BCUT2D eigenvalue weighted by Crippen LogP contribution is 2.26. The molecule has 0 spiro atoms. The second-order valence-corrected chi connectivity index (χ2v) is 5.00. The Labute approximate surface area is 99.6 Å². The van der Waals surface area contributed by atoms with Gasteiger partial charge in [-0.3, -0.25) is 0 Å². The normalized spacial score (nSPS) is 25.9. The number of hydrogen-bond donors (Lipinski definition) is 0. The van der Waals surface area contributed by atoms with Crippen molar-refractivity contribution < 1.29 is 4.39 Å². The molecule has 0 radical (unpaired) electrons. The lowest BCUT2D eigenvalue weighted by Gasteiger charge is -2.35. The molecule has 1 aromatic rings. The summed E-state index contributed by atoms with van der Waals surface area (Å²) in [6.07, 6.45) is 2.31. The zero-order valence-electron chi connectivity index (χ0n) is 9.45. The van der Waals surface area contributed by atoms with Crippen LogP contribution in [0.1, 0.15) is 20.3 Å². The lowest BCUT2D eigenvalue weighted by atomic mass is 9.92. The molecular formula is C11H15ClFN3. The minimum atomic E-state index is -0.397. The summed E-state index contributed by atoms with van der Waals surface area (Å²) in [7, 11) is 0. The van der Waals surface area contributed by atoms with Crippen LogP contribution in [0.3, 0.4) is 0 Å². The molecule has 2 heterocycles. The van der Waals surface area contributed by atoms with E-state index in [-0.39, 0.29) is 5.28 Å². The van der Waals surface area contributed by atoms with Crippen molar-refractivity contribution in [2.24, 2.45) is 11.8 Å². The zero-order chi connectivity index (χ0) is 11.7. The quantitative estimate of drug-likeness (QED) is 0.711. The van der Waals surface area contributed by atoms with Crippen LogP contribution in [0.25, 0.3) is 0 Å². The summed E-state index contributed by atoms with van der Waals surface area (Å²) >= 11 is 5.69. The number of rotatable bonds is 1. The van der Waals surface area contributed by atoms with Crippen molar-refractivity contribution >= 4 is 17.4 Å². The molecule has 1 aliphatic rings. The molecule has 0 aromatic carbocycles. The molecule has 1 saturated heterocycles. The van der Waals surface area contributed by atoms with Gasteiger partial charge >= 0.3 is 0 Å². The lowest BCUT2D eigenvalue weighted by Crippen LogP contribution is -2.39. The summed E-state index contributed by atoms with van der Waals surface area (Å²) < 4.78 is 13.6. The number of halogens is 2. The van der Waals surface area contributed by atoms with Crippen molar-refractivity contribution in [2.45, 2.75) is 20.3 Å². The summed E-state index contributed by atoms with van der Waals surface area (Å²) in [5.74, 6) is 1.04. The fraction of sp³-hybridized carbons (Fsp3) is 0.636. The van der Waals surface area contributed by atoms with Crippen LogP contribution in [0, 0.1) is 17.7 Å². The molecular weight excluding hydrogens is 229 g/mol. The monoisotopic (exact) mass is 243 g/mol. The van der Waals surface area contributed by atoms with Gasteiger partial charge in [-0.25, -0.2) is 9.37 Å². The van der Waals surface area contributed by atoms with E-state index in [2.05, 4.69) is 23.8 Å². The van der Waals surface area contributed by atoms with Gasteiger partial charge in [-0.1, -0.05) is 13.8 Å². The largest absolute Gasteiger partial charge is 0.354 e. The summed E-state index contributed by atoms with van der Waals surface area (Å²) in [5, 5.41) is 0.0993. The molecule has 0 amide bonds. The number of anilines is 1. The van der Waals surface area contributed by atoms with Gasteiger partial charge < -0.3 is 4.90 Å². The predicted molar refractivity (Wildman–Crippen MR) is 62.2 cm³/mol. The van der Waals surface area contributed by atoms with Gasteiger partial charge in [-0.2, -0.15) is 4.98 Å². The van der Waals surface area contributed by atoms with Gasteiger partial charge in [0.15, 0.2) is 11.6 Å². The minimum Gasteiger partial charge on any atom is -0.354 e. The number of piperidine rings is 1. The van der Waals surface area contributed by atoms with E-state index in [0.717, 1.165) is 19.3 Å². The maximum atomic E-state index is 13.6. The molecule has 16 heavy (non-hydrogen) atoms. The maximum absolute atomic E-state index is 13.6. The molecule has 1 aromatic heterocycles. The molecule has 5 heteroatoms. The van der Waals surface area contributed by atoms with E-state index in [0.29, 0.717) is 17.7 Å². The first-order chi connectivity index (χ1) is 7.56. The van der Waals surface area contributed by atoms with Gasteiger partial charge in [-0.15, -0.1) is 0 Å². The van der Waals surface area contributed by atoms with Crippen LogP contribution in [0.2, 0.25) is 5.28 Å². The van der Waals surface area contributed by atoms with Gasteiger partial charge in [-0.05, 0) is 29.9 Å². The fourth-order valence-corrected chi connectivity index (χ4v) is 2.52. The van der Waals surface area contributed by atoms with Gasteiger partial charge in [0.2, 0.25) is 5.28 Å². The van der Waals surface area contributed by atoms with Gasteiger partial charge in [0, 0.05) is 13.1 Å². The van der Waals surface area contributed by atoms with E-state index in [1.165, 1.54) is 6.42 Å². The van der Waals surface area contributed by atoms with Crippen LogP contribution in [0.15, 0.2) is 6.20 Å². The number of nitrogens with zero attached hydrogens (tertiary/aromatic N) is 3. The Kier molecular flexibility index (Phi) is 3.28. The number of hydrogen-bond acceptors (Lipinski definition) is 3. The minimum absolute atomic E-state index is 0.0993. The molecule has 0 saturated carbocycles. The molecule has 0 bridgehead atoms. The Morgan fingerprint density at radius 3 is 2.62 bits per heavy atom. The fourth-order valence-electron chi connectivity index (χ4n) is 2.39. The molecule has 1 aliphatic heterocycles. The Balaban J connectivity index is 2.25. The topological polar surface area (TPSA) is 29.0 Å². The van der Waals surface area contributed by atoms with Crippen LogP contribution in [-0.2, 0) is 0 Å². The molecule has 2 atom stereocenters.